The second-order valence-corrected chi connectivity index (χ2v) is 1.99. The zero-order valence-electron chi connectivity index (χ0n) is 3.50. The van der Waals surface area contributed by atoms with Gasteiger partial charge in [-0.25, -0.2) is 5.09 Å². The van der Waals surface area contributed by atoms with Crippen molar-refractivity contribution in [2.24, 2.45) is 0 Å². The second kappa shape index (κ2) is 4.69. The topological polar surface area (TPSA) is 12.0 Å². The van der Waals surface area contributed by atoms with Crippen LogP contribution >= 0.6 is 20.3 Å². The van der Waals surface area contributed by atoms with E-state index in [0.717, 1.165) is 0 Å². The largest absolute Gasteiger partial charge is 0.342 e. The molecule has 0 fully saturated rings. The first kappa shape index (κ1) is 7.54. The molecule has 0 radical (unpaired) electrons. The molecule has 7 heavy (non-hydrogen) atoms. The summed E-state index contributed by atoms with van der Waals surface area (Å²) in [5.74, 6) is 0.243. The highest BCUT2D eigenvalue weighted by molar-refractivity contribution is 7.44. The van der Waals surface area contributed by atoms with Gasteiger partial charge in [0.25, 0.3) is 0 Å². The van der Waals surface area contributed by atoms with Crippen molar-refractivity contribution < 1.29 is 8.39 Å². The molecule has 0 amide bonds. The lowest BCUT2D eigenvalue weighted by molar-refractivity contribution is 0.707. The van der Waals surface area contributed by atoms with Crippen molar-refractivity contribution in [1.29, 1.82) is 0 Å². The van der Waals surface area contributed by atoms with Crippen LogP contribution in [0.1, 0.15) is 0 Å². The van der Waals surface area contributed by atoms with Crippen LogP contribution in [-0.4, -0.2) is 12.4 Å². The van der Waals surface area contributed by atoms with E-state index in [2.05, 4.69) is 0 Å². The fourth-order valence-electron chi connectivity index (χ4n) is 0.127. The van der Waals surface area contributed by atoms with Crippen LogP contribution in [0.3, 0.4) is 0 Å². The van der Waals surface area contributed by atoms with E-state index in [4.69, 9.17) is 11.6 Å². The van der Waals surface area contributed by atoms with Crippen LogP contribution in [-0.2, 0) is 0 Å². The smallest absolute Gasteiger partial charge is 0.242 e. The first-order valence-electron chi connectivity index (χ1n) is 1.68. The van der Waals surface area contributed by atoms with Crippen molar-refractivity contribution in [2.75, 3.05) is 12.4 Å². The molecular weight excluding hydrogens is 142 g/mol. The van der Waals surface area contributed by atoms with Gasteiger partial charge in [-0.15, -0.1) is 11.6 Å². The highest BCUT2D eigenvalue weighted by Gasteiger charge is 1.98. The Hall–Kier alpha value is 0.540. The van der Waals surface area contributed by atoms with Gasteiger partial charge in [0.05, 0.1) is 0 Å². The average Bonchev–Trinajstić information content (AvgIpc) is 1.61. The molecule has 0 aromatic rings. The van der Waals surface area contributed by atoms with Crippen LogP contribution in [0.15, 0.2) is 0 Å². The van der Waals surface area contributed by atoms with Gasteiger partial charge in [0.15, 0.2) is 0 Å². The Morgan fingerprint density at radius 3 is 2.29 bits per heavy atom. The van der Waals surface area contributed by atoms with Crippen LogP contribution in [0.25, 0.3) is 0 Å². The molecule has 0 aliphatic heterocycles. The number of alkyl halides is 1. The molecule has 1 N–H and O–H groups in total. The van der Waals surface area contributed by atoms with Crippen molar-refractivity contribution in [1.82, 2.24) is 5.09 Å². The Bertz CT molecular complexity index is 44.7. The van der Waals surface area contributed by atoms with Crippen LogP contribution in [0.5, 0.6) is 0 Å². The minimum absolute atomic E-state index is 0.195. The van der Waals surface area contributed by atoms with Gasteiger partial charge < -0.3 is 0 Å². The average molecular weight is 147 g/mol. The van der Waals surface area contributed by atoms with Gasteiger partial charge in [-0.3, -0.25) is 0 Å². The third-order valence-corrected chi connectivity index (χ3v) is 0.977. The molecule has 44 valence electrons. The predicted octanol–water partition coefficient (Wildman–Crippen LogP) is 1.98. The van der Waals surface area contributed by atoms with E-state index in [0.29, 0.717) is 0 Å². The Labute approximate surface area is 47.1 Å². The fraction of sp³-hybridized carbons (Fsp3) is 1.00. The highest BCUT2D eigenvalue weighted by atomic mass is 35.5. The zero-order valence-corrected chi connectivity index (χ0v) is 5.15. The molecular formula is C2H5ClF2NP. The molecule has 0 aliphatic rings. The van der Waals surface area contributed by atoms with Crippen LogP contribution in [0, 0.1) is 0 Å². The summed E-state index contributed by atoms with van der Waals surface area (Å²) < 4.78 is 22.2. The fourth-order valence-corrected chi connectivity index (χ4v) is 0.634. The van der Waals surface area contributed by atoms with Crippen LogP contribution in [0.4, 0.5) is 8.39 Å². The second-order valence-electron chi connectivity index (χ2n) is 0.830. The van der Waals surface area contributed by atoms with Crippen molar-refractivity contribution in [2.45, 2.75) is 0 Å². The number of hydrogen-bond donors (Lipinski definition) is 1. The SMILES string of the molecule is FP(F)NCCCl. The summed E-state index contributed by atoms with van der Waals surface area (Å²) in [4.78, 5) is 0. The number of nitrogens with one attached hydrogen (secondary N) is 1. The maximum absolute atomic E-state index is 11.1. The minimum atomic E-state index is -2.94. The standard InChI is InChI=1S/C2H5ClF2NP/c3-1-2-6-7(4)5/h6H,1-2H2. The molecule has 0 spiro atoms. The van der Waals surface area contributed by atoms with Crippen LogP contribution in [0.2, 0.25) is 0 Å². The molecule has 5 heteroatoms. The molecule has 1 nitrogen and oxygen atoms in total. The Morgan fingerprint density at radius 1 is 1.57 bits per heavy atom. The van der Waals surface area contributed by atoms with Gasteiger partial charge in [-0.05, 0) is 0 Å². The normalized spacial score (nSPS) is 10.3. The molecule has 0 bridgehead atoms. The highest BCUT2D eigenvalue weighted by Crippen LogP contribution is 2.32. The lowest BCUT2D eigenvalue weighted by atomic mass is 10.8. The summed E-state index contributed by atoms with van der Waals surface area (Å²) in [6.07, 6.45) is 0. The molecule has 0 atom stereocenters. The molecule has 0 aliphatic carbocycles. The lowest BCUT2D eigenvalue weighted by Gasteiger charge is -1.93. The molecule has 0 unspecified atom stereocenters. The number of rotatable bonds is 3. The Kier molecular flexibility index (Phi) is 5.05. The van der Waals surface area contributed by atoms with Gasteiger partial charge in [0.2, 0.25) is 0 Å². The maximum Gasteiger partial charge on any atom is 0.342 e. The predicted molar refractivity (Wildman–Crippen MR) is 27.9 cm³/mol. The summed E-state index contributed by atoms with van der Waals surface area (Å²) in [6.45, 7) is 0.195. The van der Waals surface area contributed by atoms with E-state index in [9.17, 15) is 8.39 Å². The third kappa shape index (κ3) is 6.54. The van der Waals surface area contributed by atoms with Gasteiger partial charge in [0.1, 0.15) is 0 Å². The summed E-state index contributed by atoms with van der Waals surface area (Å²) in [6, 6.07) is 0. The molecule has 0 aromatic heterocycles. The van der Waals surface area contributed by atoms with Crippen molar-refractivity contribution in [3.8, 4) is 0 Å². The van der Waals surface area contributed by atoms with Crippen molar-refractivity contribution >= 4 is 20.3 Å². The monoisotopic (exact) mass is 147 g/mol. The van der Waals surface area contributed by atoms with Gasteiger partial charge in [-0.2, -0.15) is 8.39 Å². The first-order chi connectivity index (χ1) is 3.27. The summed E-state index contributed by atoms with van der Waals surface area (Å²) in [5, 5.41) is 1.89. The number of halogens is 3. The van der Waals surface area contributed by atoms with Gasteiger partial charge >= 0.3 is 8.69 Å². The van der Waals surface area contributed by atoms with E-state index in [1.165, 1.54) is 0 Å². The molecule has 0 heterocycles. The minimum Gasteiger partial charge on any atom is -0.242 e. The van der Waals surface area contributed by atoms with Gasteiger partial charge in [0, 0.05) is 12.4 Å². The lowest BCUT2D eigenvalue weighted by Crippen LogP contribution is -2.04. The summed E-state index contributed by atoms with van der Waals surface area (Å²) in [5.41, 5.74) is 0. The summed E-state index contributed by atoms with van der Waals surface area (Å²) in [7, 11) is -2.94. The first-order valence-corrected chi connectivity index (χ1v) is 3.34. The van der Waals surface area contributed by atoms with E-state index < -0.39 is 8.69 Å². The molecule has 0 aromatic carbocycles. The van der Waals surface area contributed by atoms with E-state index >= 15 is 0 Å². The molecule has 0 saturated carbocycles. The molecule has 0 rings (SSSR count). The Morgan fingerprint density at radius 2 is 2.14 bits per heavy atom. The van der Waals surface area contributed by atoms with Crippen molar-refractivity contribution in [3.05, 3.63) is 0 Å². The third-order valence-electron chi connectivity index (χ3n) is 0.326. The maximum atomic E-state index is 11.1. The quantitative estimate of drug-likeness (QED) is 0.476. The molecule has 0 saturated heterocycles. The summed E-state index contributed by atoms with van der Waals surface area (Å²) >= 11 is 5.06. The number of hydrogen-bond acceptors (Lipinski definition) is 1. The van der Waals surface area contributed by atoms with Crippen LogP contribution < -0.4 is 5.09 Å². The van der Waals surface area contributed by atoms with Gasteiger partial charge in [-0.1, -0.05) is 0 Å². The van der Waals surface area contributed by atoms with E-state index in [1.807, 2.05) is 5.09 Å². The zero-order chi connectivity index (χ0) is 5.70. The van der Waals surface area contributed by atoms with E-state index in [1.54, 1.807) is 0 Å². The van der Waals surface area contributed by atoms with E-state index in [-0.39, 0.29) is 12.4 Å². The Balaban J connectivity index is 2.68. The van der Waals surface area contributed by atoms with Crippen molar-refractivity contribution in [3.63, 3.8) is 0 Å².